The zero-order valence-corrected chi connectivity index (χ0v) is 17.2. The van der Waals surface area contributed by atoms with Crippen molar-refractivity contribution in [2.45, 2.75) is 39.3 Å². The molecule has 1 fully saturated rings. The SMILES string of the molecule is CCO[C@H]1C[C@H](N(C)C(=O)CN2C(=O)COc3cc(Br)ccc32)C1(C)C. The maximum absolute atomic E-state index is 12.9. The van der Waals surface area contributed by atoms with Crippen molar-refractivity contribution >= 4 is 33.4 Å². The first kappa shape index (κ1) is 19.2. The number of ether oxygens (including phenoxy) is 2. The zero-order chi connectivity index (χ0) is 19.1. The fraction of sp³-hybridized carbons (Fsp3) is 0.579. The molecule has 1 aliphatic carbocycles. The molecule has 0 spiro atoms. The summed E-state index contributed by atoms with van der Waals surface area (Å²) in [7, 11) is 1.81. The lowest BCUT2D eigenvalue weighted by Crippen LogP contribution is -2.63. The fourth-order valence-corrected chi connectivity index (χ4v) is 4.12. The first-order chi connectivity index (χ1) is 12.3. The third kappa shape index (κ3) is 3.34. The van der Waals surface area contributed by atoms with Crippen molar-refractivity contribution in [2.75, 3.05) is 31.7 Å². The molecule has 142 valence electrons. The topological polar surface area (TPSA) is 59.1 Å². The molecular formula is C19H25BrN2O4. The third-order valence-corrected chi connectivity index (χ3v) is 6.01. The number of nitrogens with zero attached hydrogens (tertiary/aromatic N) is 2. The number of likely N-dealkylation sites (N-methyl/N-ethyl adjacent to an activating group) is 1. The minimum absolute atomic E-state index is 0.0131. The Kier molecular flexibility index (Phi) is 5.30. The molecule has 0 saturated heterocycles. The van der Waals surface area contributed by atoms with Crippen molar-refractivity contribution < 1.29 is 19.1 Å². The highest BCUT2D eigenvalue weighted by molar-refractivity contribution is 9.10. The Morgan fingerprint density at radius 2 is 2.19 bits per heavy atom. The second-order valence-electron chi connectivity index (χ2n) is 7.40. The number of anilines is 1. The quantitative estimate of drug-likeness (QED) is 0.728. The number of carbonyl (C=O) groups excluding carboxylic acids is 2. The molecule has 0 bridgehead atoms. The van der Waals surface area contributed by atoms with Crippen LogP contribution in [0.3, 0.4) is 0 Å². The van der Waals surface area contributed by atoms with E-state index in [1.807, 2.05) is 26.1 Å². The lowest BCUT2D eigenvalue weighted by atomic mass is 9.64. The average Bonchev–Trinajstić information content (AvgIpc) is 2.60. The Morgan fingerprint density at radius 3 is 2.85 bits per heavy atom. The van der Waals surface area contributed by atoms with Gasteiger partial charge in [-0.1, -0.05) is 29.8 Å². The smallest absolute Gasteiger partial charge is 0.265 e. The molecule has 7 heteroatoms. The summed E-state index contributed by atoms with van der Waals surface area (Å²) in [5.41, 5.74) is 0.532. The predicted octanol–water partition coefficient (Wildman–Crippen LogP) is 2.84. The van der Waals surface area contributed by atoms with Crippen LogP contribution < -0.4 is 9.64 Å². The van der Waals surface area contributed by atoms with Gasteiger partial charge in [-0.3, -0.25) is 14.5 Å². The summed E-state index contributed by atoms with van der Waals surface area (Å²) in [5, 5.41) is 0. The van der Waals surface area contributed by atoms with Crippen LogP contribution in [-0.2, 0) is 14.3 Å². The van der Waals surface area contributed by atoms with Crippen molar-refractivity contribution in [1.29, 1.82) is 0 Å². The van der Waals surface area contributed by atoms with Gasteiger partial charge in [0, 0.05) is 29.6 Å². The second kappa shape index (κ2) is 7.19. The number of amides is 2. The molecule has 1 aromatic carbocycles. The molecule has 2 atom stereocenters. The lowest BCUT2D eigenvalue weighted by molar-refractivity contribution is -0.162. The first-order valence-corrected chi connectivity index (χ1v) is 9.65. The number of halogens is 1. The van der Waals surface area contributed by atoms with Crippen LogP contribution in [0.4, 0.5) is 5.69 Å². The second-order valence-corrected chi connectivity index (χ2v) is 8.32. The first-order valence-electron chi connectivity index (χ1n) is 8.85. The highest BCUT2D eigenvalue weighted by Gasteiger charge is 2.51. The van der Waals surface area contributed by atoms with Crippen LogP contribution in [0.1, 0.15) is 27.2 Å². The van der Waals surface area contributed by atoms with Gasteiger partial charge in [-0.2, -0.15) is 0 Å². The van der Waals surface area contributed by atoms with Crippen LogP contribution in [-0.4, -0.2) is 55.7 Å². The van der Waals surface area contributed by atoms with Crippen molar-refractivity contribution in [3.8, 4) is 5.75 Å². The molecule has 0 N–H and O–H groups in total. The van der Waals surface area contributed by atoms with Gasteiger partial charge in [0.1, 0.15) is 12.3 Å². The van der Waals surface area contributed by atoms with E-state index in [-0.39, 0.29) is 42.5 Å². The van der Waals surface area contributed by atoms with E-state index in [9.17, 15) is 9.59 Å². The highest BCUT2D eigenvalue weighted by atomic mass is 79.9. The molecule has 0 unspecified atom stereocenters. The van der Waals surface area contributed by atoms with E-state index in [2.05, 4.69) is 29.8 Å². The van der Waals surface area contributed by atoms with E-state index in [0.717, 1.165) is 10.9 Å². The standard InChI is InChI=1S/C19H25BrN2O4/c1-5-25-16-9-15(19(16,2)3)21(4)17(23)10-22-13-7-6-12(20)8-14(13)26-11-18(22)24/h6-8,15-16H,5,9-11H2,1-4H3/t15-,16-/m0/s1. The normalized spacial score (nSPS) is 23.7. The maximum atomic E-state index is 12.9. The predicted molar refractivity (Wildman–Crippen MR) is 102 cm³/mol. The van der Waals surface area contributed by atoms with Gasteiger partial charge in [-0.15, -0.1) is 0 Å². The van der Waals surface area contributed by atoms with Crippen LogP contribution in [0, 0.1) is 5.41 Å². The number of fused-ring (bicyclic) bond motifs is 1. The lowest BCUT2D eigenvalue weighted by Gasteiger charge is -2.55. The molecule has 0 aromatic heterocycles. The Morgan fingerprint density at radius 1 is 1.46 bits per heavy atom. The van der Waals surface area contributed by atoms with E-state index < -0.39 is 0 Å². The Bertz CT molecular complexity index is 721. The molecular weight excluding hydrogens is 400 g/mol. The van der Waals surface area contributed by atoms with Gasteiger partial charge in [-0.25, -0.2) is 0 Å². The van der Waals surface area contributed by atoms with Crippen LogP contribution in [0.5, 0.6) is 5.75 Å². The molecule has 6 nitrogen and oxygen atoms in total. The molecule has 2 amide bonds. The van der Waals surface area contributed by atoms with E-state index in [4.69, 9.17) is 9.47 Å². The number of hydrogen-bond donors (Lipinski definition) is 0. The van der Waals surface area contributed by atoms with E-state index in [1.54, 1.807) is 11.0 Å². The minimum Gasteiger partial charge on any atom is -0.482 e. The van der Waals surface area contributed by atoms with Crippen molar-refractivity contribution in [2.24, 2.45) is 5.41 Å². The Hall–Kier alpha value is -1.60. The molecule has 1 saturated carbocycles. The number of rotatable bonds is 5. The Balaban J connectivity index is 1.71. The summed E-state index contributed by atoms with van der Waals surface area (Å²) in [6.45, 7) is 6.86. The zero-order valence-electron chi connectivity index (χ0n) is 15.6. The summed E-state index contributed by atoms with van der Waals surface area (Å²) in [6.07, 6.45) is 0.986. The van der Waals surface area contributed by atoms with Crippen molar-refractivity contribution in [3.63, 3.8) is 0 Å². The summed E-state index contributed by atoms with van der Waals surface area (Å²) >= 11 is 3.40. The van der Waals surface area contributed by atoms with Gasteiger partial charge in [0.2, 0.25) is 5.91 Å². The average molecular weight is 425 g/mol. The van der Waals surface area contributed by atoms with Crippen LogP contribution in [0.2, 0.25) is 0 Å². The molecule has 1 heterocycles. The summed E-state index contributed by atoms with van der Waals surface area (Å²) in [6, 6.07) is 5.54. The van der Waals surface area contributed by atoms with Crippen molar-refractivity contribution in [3.05, 3.63) is 22.7 Å². The molecule has 1 aromatic rings. The number of carbonyl (C=O) groups is 2. The third-order valence-electron chi connectivity index (χ3n) is 5.51. The van der Waals surface area contributed by atoms with E-state index in [0.29, 0.717) is 18.0 Å². The van der Waals surface area contributed by atoms with Gasteiger partial charge < -0.3 is 14.4 Å². The van der Waals surface area contributed by atoms with Crippen LogP contribution in [0.15, 0.2) is 22.7 Å². The Labute approximate surface area is 162 Å². The largest absolute Gasteiger partial charge is 0.482 e. The van der Waals surface area contributed by atoms with Crippen LogP contribution >= 0.6 is 15.9 Å². The van der Waals surface area contributed by atoms with Gasteiger partial charge >= 0.3 is 0 Å². The van der Waals surface area contributed by atoms with E-state index in [1.165, 1.54) is 4.90 Å². The monoisotopic (exact) mass is 424 g/mol. The van der Waals surface area contributed by atoms with Gasteiger partial charge in [0.25, 0.3) is 5.91 Å². The van der Waals surface area contributed by atoms with Gasteiger partial charge in [-0.05, 0) is 31.5 Å². The number of hydrogen-bond acceptors (Lipinski definition) is 4. The number of benzene rings is 1. The highest BCUT2D eigenvalue weighted by Crippen LogP contribution is 2.45. The molecule has 0 radical (unpaired) electrons. The molecule has 2 aliphatic rings. The van der Waals surface area contributed by atoms with Crippen molar-refractivity contribution in [1.82, 2.24) is 4.90 Å². The molecule has 26 heavy (non-hydrogen) atoms. The fourth-order valence-electron chi connectivity index (χ4n) is 3.78. The van der Waals surface area contributed by atoms with Crippen LogP contribution in [0.25, 0.3) is 0 Å². The van der Waals surface area contributed by atoms with Gasteiger partial charge in [0.15, 0.2) is 6.61 Å². The van der Waals surface area contributed by atoms with E-state index >= 15 is 0 Å². The summed E-state index contributed by atoms with van der Waals surface area (Å²) in [4.78, 5) is 28.4. The maximum Gasteiger partial charge on any atom is 0.265 e. The minimum atomic E-state index is -0.207. The summed E-state index contributed by atoms with van der Waals surface area (Å²) < 4.78 is 12.1. The van der Waals surface area contributed by atoms with Gasteiger partial charge in [0.05, 0.1) is 11.8 Å². The molecule has 1 aliphatic heterocycles. The molecule has 3 rings (SSSR count). The summed E-state index contributed by atoms with van der Waals surface area (Å²) in [5.74, 6) is 0.318.